The van der Waals surface area contributed by atoms with E-state index < -0.39 is 0 Å². The van der Waals surface area contributed by atoms with Gasteiger partial charge in [0.25, 0.3) is 0 Å². The molecule has 1 aromatic heterocycles. The fourth-order valence-electron chi connectivity index (χ4n) is 1.55. The summed E-state index contributed by atoms with van der Waals surface area (Å²) in [6.07, 6.45) is 4.85. The van der Waals surface area contributed by atoms with Crippen LogP contribution in [0.5, 0.6) is 0 Å². The lowest BCUT2D eigenvalue weighted by Crippen LogP contribution is -2.22. The summed E-state index contributed by atoms with van der Waals surface area (Å²) in [6, 6.07) is 1.80. The van der Waals surface area contributed by atoms with Crippen molar-refractivity contribution in [2.45, 2.75) is 32.2 Å². The lowest BCUT2D eigenvalue weighted by Gasteiger charge is -2.22. The molecule has 0 radical (unpaired) electrons. The first-order valence-corrected chi connectivity index (χ1v) is 6.46. The molecule has 1 aliphatic heterocycles. The van der Waals surface area contributed by atoms with Crippen molar-refractivity contribution in [1.82, 2.24) is 4.98 Å². The molecule has 3 nitrogen and oxygen atoms in total. The van der Waals surface area contributed by atoms with E-state index in [1.165, 1.54) is 6.42 Å². The number of hydrogen-bond donors (Lipinski definition) is 0. The minimum atomic E-state index is -0.0852. The summed E-state index contributed by atoms with van der Waals surface area (Å²) in [6.45, 7) is 1.23. The van der Waals surface area contributed by atoms with E-state index in [-0.39, 0.29) is 6.29 Å². The normalized spacial score (nSPS) is 21.0. The van der Waals surface area contributed by atoms with Crippen LogP contribution in [-0.2, 0) is 16.1 Å². The van der Waals surface area contributed by atoms with Gasteiger partial charge in [-0.15, -0.1) is 0 Å². The summed E-state index contributed by atoms with van der Waals surface area (Å²) in [5.74, 6) is 0. The maximum absolute atomic E-state index is 5.96. The van der Waals surface area contributed by atoms with Crippen molar-refractivity contribution in [2.24, 2.45) is 0 Å². The van der Waals surface area contributed by atoms with Gasteiger partial charge in [0.15, 0.2) is 6.29 Å². The molecule has 0 bridgehead atoms. The molecule has 16 heavy (non-hydrogen) atoms. The van der Waals surface area contributed by atoms with E-state index in [1.54, 1.807) is 12.3 Å². The van der Waals surface area contributed by atoms with Crippen LogP contribution in [0.4, 0.5) is 0 Å². The van der Waals surface area contributed by atoms with E-state index in [4.69, 9.17) is 21.1 Å². The Bertz CT molecular complexity index is 356. The quantitative estimate of drug-likeness (QED) is 0.856. The highest BCUT2D eigenvalue weighted by molar-refractivity contribution is 9.10. The molecule has 0 spiro atoms. The van der Waals surface area contributed by atoms with Crippen molar-refractivity contribution in [3.8, 4) is 0 Å². The van der Waals surface area contributed by atoms with Crippen molar-refractivity contribution < 1.29 is 9.47 Å². The molecule has 1 saturated heterocycles. The minimum Gasteiger partial charge on any atom is -0.353 e. The van der Waals surface area contributed by atoms with Gasteiger partial charge in [0, 0.05) is 12.8 Å². The van der Waals surface area contributed by atoms with Crippen LogP contribution in [0.15, 0.2) is 16.7 Å². The molecule has 0 aromatic carbocycles. The third-order valence-electron chi connectivity index (χ3n) is 2.42. The van der Waals surface area contributed by atoms with E-state index in [0.717, 1.165) is 29.6 Å². The van der Waals surface area contributed by atoms with Crippen molar-refractivity contribution in [3.05, 3.63) is 27.5 Å². The van der Waals surface area contributed by atoms with Crippen LogP contribution in [0.3, 0.4) is 0 Å². The number of ether oxygens (including phenoxy) is 2. The molecular weight excluding hydrogens is 293 g/mol. The predicted octanol–water partition coefficient (Wildman–Crippen LogP) is 3.54. The molecular formula is C11H13BrClNO2. The maximum Gasteiger partial charge on any atom is 0.158 e. The van der Waals surface area contributed by atoms with Gasteiger partial charge >= 0.3 is 0 Å². The molecule has 0 aliphatic carbocycles. The summed E-state index contributed by atoms with van der Waals surface area (Å²) in [7, 11) is 0. The van der Waals surface area contributed by atoms with Crippen molar-refractivity contribution in [2.75, 3.05) is 6.61 Å². The molecule has 1 aliphatic rings. The molecule has 1 atom stereocenters. The highest BCUT2D eigenvalue weighted by Gasteiger charge is 2.14. The Balaban J connectivity index is 1.86. The van der Waals surface area contributed by atoms with Crippen LogP contribution in [0.2, 0.25) is 5.02 Å². The largest absolute Gasteiger partial charge is 0.353 e. The molecule has 88 valence electrons. The number of nitrogens with zero attached hydrogens (tertiary/aromatic N) is 1. The predicted molar refractivity (Wildman–Crippen MR) is 65.3 cm³/mol. The monoisotopic (exact) mass is 305 g/mol. The van der Waals surface area contributed by atoms with Gasteiger partial charge in [0.2, 0.25) is 0 Å². The third kappa shape index (κ3) is 3.42. The average molecular weight is 307 g/mol. The second-order valence-electron chi connectivity index (χ2n) is 3.70. The summed E-state index contributed by atoms with van der Waals surface area (Å²) in [4.78, 5) is 4.21. The van der Waals surface area contributed by atoms with Crippen LogP contribution in [0, 0.1) is 0 Å². The number of pyridine rings is 1. The van der Waals surface area contributed by atoms with Crippen molar-refractivity contribution >= 4 is 27.5 Å². The van der Waals surface area contributed by atoms with Gasteiger partial charge in [-0.1, -0.05) is 11.6 Å². The molecule has 2 rings (SSSR count). The van der Waals surface area contributed by atoms with E-state index in [0.29, 0.717) is 11.6 Å². The summed E-state index contributed by atoms with van der Waals surface area (Å²) >= 11 is 9.26. The van der Waals surface area contributed by atoms with Crippen LogP contribution in [-0.4, -0.2) is 17.9 Å². The Morgan fingerprint density at radius 2 is 2.44 bits per heavy atom. The van der Waals surface area contributed by atoms with Gasteiger partial charge in [-0.05, 0) is 41.3 Å². The molecule has 1 unspecified atom stereocenters. The second-order valence-corrected chi connectivity index (χ2v) is 4.96. The zero-order valence-corrected chi connectivity index (χ0v) is 11.1. The van der Waals surface area contributed by atoms with Crippen LogP contribution < -0.4 is 0 Å². The van der Waals surface area contributed by atoms with Gasteiger partial charge in [-0.3, -0.25) is 4.98 Å². The van der Waals surface area contributed by atoms with Crippen LogP contribution >= 0.6 is 27.5 Å². The molecule has 0 saturated carbocycles. The molecule has 2 heterocycles. The Hall–Kier alpha value is -0.160. The molecule has 5 heteroatoms. The van der Waals surface area contributed by atoms with Gasteiger partial charge in [0.05, 0.1) is 21.8 Å². The van der Waals surface area contributed by atoms with E-state index in [9.17, 15) is 0 Å². The first kappa shape index (κ1) is 12.3. The highest BCUT2D eigenvalue weighted by Crippen LogP contribution is 2.22. The van der Waals surface area contributed by atoms with Crippen LogP contribution in [0.1, 0.15) is 25.0 Å². The van der Waals surface area contributed by atoms with Crippen LogP contribution in [0.25, 0.3) is 0 Å². The van der Waals surface area contributed by atoms with Crippen molar-refractivity contribution in [1.29, 1.82) is 0 Å². The number of aromatic nitrogens is 1. The van der Waals surface area contributed by atoms with E-state index in [1.807, 2.05) is 0 Å². The maximum atomic E-state index is 5.96. The van der Waals surface area contributed by atoms with Gasteiger partial charge < -0.3 is 9.47 Å². The molecule has 0 amide bonds. The Kier molecular flexibility index (Phi) is 4.58. The van der Waals surface area contributed by atoms with E-state index >= 15 is 0 Å². The zero-order valence-electron chi connectivity index (χ0n) is 8.79. The lowest BCUT2D eigenvalue weighted by atomic mass is 10.2. The van der Waals surface area contributed by atoms with Crippen molar-refractivity contribution in [3.63, 3.8) is 0 Å². The molecule has 0 N–H and O–H groups in total. The number of halogens is 2. The average Bonchev–Trinajstić information content (AvgIpc) is 2.32. The third-order valence-corrected chi connectivity index (χ3v) is 3.59. The molecule has 1 fully saturated rings. The summed E-state index contributed by atoms with van der Waals surface area (Å²) < 4.78 is 11.9. The standard InChI is InChI=1S/C11H13BrClNO2/c12-9-6-14-8(5-10(9)13)7-16-11-3-1-2-4-15-11/h5-6,11H,1-4,7H2. The van der Waals surface area contributed by atoms with Gasteiger partial charge in [-0.25, -0.2) is 0 Å². The first-order valence-electron chi connectivity index (χ1n) is 5.29. The minimum absolute atomic E-state index is 0.0852. The zero-order chi connectivity index (χ0) is 11.4. The lowest BCUT2D eigenvalue weighted by molar-refractivity contribution is -0.169. The molecule has 1 aromatic rings. The Labute approximate surface area is 108 Å². The first-order chi connectivity index (χ1) is 7.75. The highest BCUT2D eigenvalue weighted by atomic mass is 79.9. The Morgan fingerprint density at radius 1 is 1.56 bits per heavy atom. The number of rotatable bonds is 3. The smallest absolute Gasteiger partial charge is 0.158 e. The second kappa shape index (κ2) is 5.96. The fraction of sp³-hybridized carbons (Fsp3) is 0.545. The Morgan fingerprint density at radius 3 is 3.12 bits per heavy atom. The topological polar surface area (TPSA) is 31.4 Å². The van der Waals surface area contributed by atoms with E-state index in [2.05, 4.69) is 20.9 Å². The fourth-order valence-corrected chi connectivity index (χ4v) is 1.95. The SMILES string of the molecule is Clc1cc(COC2CCCCO2)ncc1Br. The summed E-state index contributed by atoms with van der Waals surface area (Å²) in [5, 5.41) is 0.651. The van der Waals surface area contributed by atoms with Gasteiger partial charge in [-0.2, -0.15) is 0 Å². The van der Waals surface area contributed by atoms with Gasteiger partial charge in [0.1, 0.15) is 0 Å². The number of hydrogen-bond acceptors (Lipinski definition) is 3. The summed E-state index contributed by atoms with van der Waals surface area (Å²) in [5.41, 5.74) is 0.822.